The zero-order valence-electron chi connectivity index (χ0n) is 10.2. The smallest absolute Gasteiger partial charge is 0.323 e. The molecule has 0 saturated carbocycles. The van der Waals surface area contributed by atoms with Gasteiger partial charge >= 0.3 is 5.97 Å². The number of carbonyl (C=O) groups excluding carboxylic acids is 1. The van der Waals surface area contributed by atoms with Gasteiger partial charge in [-0.25, -0.2) is 4.98 Å². The van der Waals surface area contributed by atoms with Crippen LogP contribution < -0.4 is 5.73 Å². The molecule has 0 saturated heterocycles. The summed E-state index contributed by atoms with van der Waals surface area (Å²) in [6.45, 7) is 0.205. The van der Waals surface area contributed by atoms with Crippen LogP contribution in [0.1, 0.15) is 11.3 Å². The summed E-state index contributed by atoms with van der Waals surface area (Å²) >= 11 is 3.40. The number of carbonyl (C=O) groups is 1. The zero-order chi connectivity index (χ0) is 13.7. The third-order valence-electron chi connectivity index (χ3n) is 2.63. The number of nitrogens with two attached hydrogens (primary N) is 1. The van der Waals surface area contributed by atoms with E-state index in [1.165, 1.54) is 0 Å². The van der Waals surface area contributed by atoms with E-state index < -0.39 is 12.0 Å². The molecule has 6 heteroatoms. The summed E-state index contributed by atoms with van der Waals surface area (Å²) in [6.07, 6.45) is 3.57. The first-order valence-electron chi connectivity index (χ1n) is 5.79. The number of hydrogen-bond acceptors (Lipinski definition) is 4. The summed E-state index contributed by atoms with van der Waals surface area (Å²) in [6, 6.07) is 6.88. The lowest BCUT2D eigenvalue weighted by Gasteiger charge is -2.11. The lowest BCUT2D eigenvalue weighted by atomic mass is 10.2. The van der Waals surface area contributed by atoms with Gasteiger partial charge in [0.25, 0.3) is 0 Å². The van der Waals surface area contributed by atoms with Gasteiger partial charge in [0.15, 0.2) is 0 Å². The van der Waals surface area contributed by atoms with Crippen LogP contribution in [-0.4, -0.2) is 22.0 Å². The number of halogens is 1. The molecule has 0 aliphatic carbocycles. The molecule has 0 aliphatic heterocycles. The Labute approximate surface area is 119 Å². The van der Waals surface area contributed by atoms with E-state index in [0.29, 0.717) is 6.42 Å². The van der Waals surface area contributed by atoms with Crippen LogP contribution in [0.3, 0.4) is 0 Å². The molecule has 0 unspecified atom stereocenters. The number of rotatable bonds is 5. The van der Waals surface area contributed by atoms with Crippen molar-refractivity contribution in [1.29, 1.82) is 0 Å². The van der Waals surface area contributed by atoms with E-state index in [1.54, 1.807) is 12.5 Å². The molecular formula is C13H14BrN3O2. The van der Waals surface area contributed by atoms with Crippen molar-refractivity contribution in [2.45, 2.75) is 19.1 Å². The number of imidazole rings is 1. The Morgan fingerprint density at radius 2 is 2.26 bits per heavy atom. The van der Waals surface area contributed by atoms with Gasteiger partial charge < -0.3 is 15.5 Å². The molecular weight excluding hydrogens is 310 g/mol. The summed E-state index contributed by atoms with van der Waals surface area (Å²) in [4.78, 5) is 18.5. The van der Waals surface area contributed by atoms with Crippen molar-refractivity contribution in [3.8, 4) is 0 Å². The average molecular weight is 324 g/mol. The number of H-pyrrole nitrogens is 1. The Balaban J connectivity index is 1.86. The first-order valence-corrected chi connectivity index (χ1v) is 6.59. The van der Waals surface area contributed by atoms with Crippen LogP contribution in [0.4, 0.5) is 0 Å². The van der Waals surface area contributed by atoms with E-state index in [-0.39, 0.29) is 6.61 Å². The first-order chi connectivity index (χ1) is 9.16. The highest BCUT2D eigenvalue weighted by atomic mass is 79.9. The number of esters is 1. The molecule has 5 nitrogen and oxygen atoms in total. The molecule has 0 spiro atoms. The molecule has 2 aromatic rings. The van der Waals surface area contributed by atoms with E-state index in [1.807, 2.05) is 24.3 Å². The number of nitrogens with one attached hydrogen (secondary N) is 1. The molecule has 0 fully saturated rings. The van der Waals surface area contributed by atoms with Crippen LogP contribution in [0.25, 0.3) is 0 Å². The van der Waals surface area contributed by atoms with Gasteiger partial charge in [0.2, 0.25) is 0 Å². The number of aromatic amines is 1. The largest absolute Gasteiger partial charge is 0.460 e. The van der Waals surface area contributed by atoms with Crippen LogP contribution in [0.5, 0.6) is 0 Å². The van der Waals surface area contributed by atoms with Gasteiger partial charge in [0.1, 0.15) is 12.6 Å². The molecule has 1 aromatic heterocycles. The molecule has 2 rings (SSSR count). The van der Waals surface area contributed by atoms with E-state index in [0.717, 1.165) is 15.7 Å². The number of nitrogens with zero attached hydrogens (tertiary/aromatic N) is 1. The molecule has 0 aliphatic rings. The van der Waals surface area contributed by atoms with Crippen molar-refractivity contribution in [3.05, 3.63) is 52.5 Å². The lowest BCUT2D eigenvalue weighted by molar-refractivity contribution is -0.146. The van der Waals surface area contributed by atoms with Gasteiger partial charge in [0, 0.05) is 28.3 Å². The number of hydrogen-bond donors (Lipinski definition) is 2. The molecule has 100 valence electrons. The second kappa shape index (κ2) is 6.49. The second-order valence-electron chi connectivity index (χ2n) is 4.09. The lowest BCUT2D eigenvalue weighted by Crippen LogP contribution is -2.34. The summed E-state index contributed by atoms with van der Waals surface area (Å²) in [5, 5.41) is 0. The van der Waals surface area contributed by atoms with Crippen LogP contribution in [0, 0.1) is 0 Å². The van der Waals surface area contributed by atoms with Crippen molar-refractivity contribution >= 4 is 21.9 Å². The fourth-order valence-corrected chi connectivity index (χ4v) is 1.99. The molecule has 19 heavy (non-hydrogen) atoms. The maximum absolute atomic E-state index is 11.8. The van der Waals surface area contributed by atoms with Gasteiger partial charge in [0.05, 0.1) is 6.33 Å². The SMILES string of the molecule is N[C@H](Cc1cnc[nH]1)C(=O)OCc1ccccc1Br. The topological polar surface area (TPSA) is 81.0 Å². The fourth-order valence-electron chi connectivity index (χ4n) is 1.59. The minimum absolute atomic E-state index is 0.205. The first kappa shape index (κ1) is 13.8. The predicted molar refractivity (Wildman–Crippen MR) is 74.2 cm³/mol. The minimum atomic E-state index is -0.692. The maximum atomic E-state index is 11.8. The van der Waals surface area contributed by atoms with E-state index >= 15 is 0 Å². The summed E-state index contributed by atoms with van der Waals surface area (Å²) in [5.41, 5.74) is 7.49. The number of benzene rings is 1. The standard InChI is InChI=1S/C13H14BrN3O2/c14-11-4-2-1-3-9(11)7-19-13(18)12(15)5-10-6-16-8-17-10/h1-4,6,8,12H,5,7,15H2,(H,16,17)/t12-/m1/s1. The molecule has 3 N–H and O–H groups in total. The van der Waals surface area contributed by atoms with Crippen LogP contribution in [-0.2, 0) is 22.6 Å². The van der Waals surface area contributed by atoms with Crippen LogP contribution >= 0.6 is 15.9 Å². The van der Waals surface area contributed by atoms with Gasteiger partial charge in [-0.15, -0.1) is 0 Å². The number of ether oxygens (including phenoxy) is 1. The highest BCUT2D eigenvalue weighted by Gasteiger charge is 2.16. The monoisotopic (exact) mass is 323 g/mol. The molecule has 1 heterocycles. The van der Waals surface area contributed by atoms with Gasteiger partial charge in [-0.3, -0.25) is 4.79 Å². The summed E-state index contributed by atoms with van der Waals surface area (Å²) in [5.74, 6) is -0.426. The second-order valence-corrected chi connectivity index (χ2v) is 4.94. The molecule has 0 radical (unpaired) electrons. The zero-order valence-corrected chi connectivity index (χ0v) is 11.8. The van der Waals surface area contributed by atoms with Crippen molar-refractivity contribution in [1.82, 2.24) is 9.97 Å². The Hall–Kier alpha value is -1.66. The van der Waals surface area contributed by atoms with Gasteiger partial charge in [-0.2, -0.15) is 0 Å². The van der Waals surface area contributed by atoms with Crippen LogP contribution in [0.15, 0.2) is 41.3 Å². The van der Waals surface area contributed by atoms with E-state index in [9.17, 15) is 4.79 Å². The van der Waals surface area contributed by atoms with Gasteiger partial charge in [-0.05, 0) is 6.07 Å². The van der Waals surface area contributed by atoms with Crippen molar-refractivity contribution in [2.75, 3.05) is 0 Å². The third kappa shape index (κ3) is 3.90. The highest BCUT2D eigenvalue weighted by Crippen LogP contribution is 2.16. The summed E-state index contributed by atoms with van der Waals surface area (Å²) in [7, 11) is 0. The van der Waals surface area contributed by atoms with Crippen molar-refractivity contribution in [3.63, 3.8) is 0 Å². The maximum Gasteiger partial charge on any atom is 0.323 e. The van der Waals surface area contributed by atoms with E-state index in [4.69, 9.17) is 10.5 Å². The minimum Gasteiger partial charge on any atom is -0.460 e. The predicted octanol–water partition coefficient (Wildman–Crippen LogP) is 1.79. The molecule has 0 amide bonds. The van der Waals surface area contributed by atoms with Crippen molar-refractivity contribution in [2.24, 2.45) is 5.73 Å². The normalized spacial score (nSPS) is 12.1. The molecule has 1 aromatic carbocycles. The Kier molecular flexibility index (Phi) is 4.70. The molecule has 1 atom stereocenters. The number of aromatic nitrogens is 2. The van der Waals surface area contributed by atoms with Crippen molar-refractivity contribution < 1.29 is 9.53 Å². The quantitative estimate of drug-likeness (QED) is 0.822. The molecule has 0 bridgehead atoms. The van der Waals surface area contributed by atoms with E-state index in [2.05, 4.69) is 25.9 Å². The Morgan fingerprint density at radius 1 is 1.47 bits per heavy atom. The summed E-state index contributed by atoms with van der Waals surface area (Å²) < 4.78 is 6.10. The highest BCUT2D eigenvalue weighted by molar-refractivity contribution is 9.10. The fraction of sp³-hybridized carbons (Fsp3) is 0.231. The Bertz CT molecular complexity index is 543. The average Bonchev–Trinajstić information content (AvgIpc) is 2.90. The Morgan fingerprint density at radius 3 is 2.95 bits per heavy atom. The third-order valence-corrected chi connectivity index (χ3v) is 3.40. The van der Waals surface area contributed by atoms with Crippen LogP contribution in [0.2, 0.25) is 0 Å². The van der Waals surface area contributed by atoms with Gasteiger partial charge in [-0.1, -0.05) is 34.1 Å².